The first-order valence-electron chi connectivity index (χ1n) is 11.8. The van der Waals surface area contributed by atoms with Gasteiger partial charge in [-0.2, -0.15) is 0 Å². The molecule has 0 heterocycles. The summed E-state index contributed by atoms with van der Waals surface area (Å²) in [6.45, 7) is 4.97. The maximum Gasteiger partial charge on any atom is 0.262 e. The number of para-hydroxylation sites is 1. The smallest absolute Gasteiger partial charge is 0.262 e. The molecule has 0 aliphatic carbocycles. The van der Waals surface area contributed by atoms with Gasteiger partial charge in [-0.15, -0.1) is 0 Å². The van der Waals surface area contributed by atoms with Gasteiger partial charge in [0.2, 0.25) is 0 Å². The van der Waals surface area contributed by atoms with E-state index in [9.17, 15) is 9.90 Å². The third-order valence-corrected chi connectivity index (χ3v) is 5.46. The number of rotatable bonds is 12. The average molecular weight is 476 g/mol. The van der Waals surface area contributed by atoms with E-state index in [0.717, 1.165) is 30.7 Å². The third-order valence-electron chi connectivity index (χ3n) is 5.46. The number of unbranched alkanes of at least 4 members (excludes halogenated alkanes) is 2. The summed E-state index contributed by atoms with van der Waals surface area (Å²) in [6.07, 6.45) is 2.64. The molecule has 0 fully saturated rings. The Labute approximate surface area is 206 Å². The van der Waals surface area contributed by atoms with Crippen LogP contribution >= 0.6 is 0 Å². The minimum absolute atomic E-state index is 0.0378. The van der Waals surface area contributed by atoms with Crippen molar-refractivity contribution in [2.24, 2.45) is 5.73 Å². The van der Waals surface area contributed by atoms with Crippen LogP contribution in [0.2, 0.25) is 0 Å². The van der Waals surface area contributed by atoms with E-state index in [1.807, 2.05) is 44.2 Å². The molecule has 7 heteroatoms. The molecule has 0 aliphatic heterocycles. The second-order valence-electron chi connectivity index (χ2n) is 8.48. The van der Waals surface area contributed by atoms with E-state index in [2.05, 4.69) is 0 Å². The fourth-order valence-electron chi connectivity index (χ4n) is 3.64. The summed E-state index contributed by atoms with van der Waals surface area (Å²) >= 11 is 0. The summed E-state index contributed by atoms with van der Waals surface area (Å²) in [6, 6.07) is 21.3. The van der Waals surface area contributed by atoms with Crippen molar-refractivity contribution in [1.29, 1.82) is 5.41 Å². The van der Waals surface area contributed by atoms with E-state index in [-0.39, 0.29) is 29.1 Å². The molecule has 0 atom stereocenters. The van der Waals surface area contributed by atoms with Gasteiger partial charge in [0.15, 0.2) is 0 Å². The lowest BCUT2D eigenvalue weighted by Crippen LogP contribution is -2.37. The van der Waals surface area contributed by atoms with Crippen LogP contribution in [0.3, 0.4) is 0 Å². The summed E-state index contributed by atoms with van der Waals surface area (Å²) in [5.74, 6) is 0.955. The van der Waals surface area contributed by atoms with Crippen LogP contribution in [-0.4, -0.2) is 36.1 Å². The molecule has 0 bridgehead atoms. The van der Waals surface area contributed by atoms with Gasteiger partial charge in [-0.3, -0.25) is 10.2 Å². The standard InChI is InChI=1S/C28H33N3O4/c1-20(2)31(22-9-5-3-6-10-22)28(33)25-16-15-24(19-26(25)32)35-18-8-4-7-17-34-23-13-11-21(12-14-23)27(29)30/h3,5-6,9-16,19-20,32H,4,7-8,17-18H2,1-2H3,(H3,29,30). The van der Waals surface area contributed by atoms with E-state index < -0.39 is 0 Å². The molecule has 3 rings (SSSR count). The van der Waals surface area contributed by atoms with Crippen molar-refractivity contribution in [2.45, 2.75) is 39.2 Å². The Morgan fingerprint density at radius 2 is 1.51 bits per heavy atom. The van der Waals surface area contributed by atoms with Crippen LogP contribution < -0.4 is 20.1 Å². The van der Waals surface area contributed by atoms with Crippen molar-refractivity contribution < 1.29 is 19.4 Å². The summed E-state index contributed by atoms with van der Waals surface area (Å²) in [5, 5.41) is 17.9. The third kappa shape index (κ3) is 7.24. The Kier molecular flexibility index (Phi) is 9.12. The van der Waals surface area contributed by atoms with Crippen molar-refractivity contribution in [3.63, 3.8) is 0 Å². The number of carbonyl (C=O) groups excluding carboxylic acids is 1. The van der Waals surface area contributed by atoms with Gasteiger partial charge >= 0.3 is 0 Å². The first-order valence-corrected chi connectivity index (χ1v) is 11.8. The predicted octanol–water partition coefficient (Wildman–Crippen LogP) is 5.36. The van der Waals surface area contributed by atoms with Crippen molar-refractivity contribution in [3.8, 4) is 17.2 Å². The number of ether oxygens (including phenoxy) is 2. The number of phenols is 1. The molecule has 184 valence electrons. The van der Waals surface area contributed by atoms with E-state index >= 15 is 0 Å². The number of phenolic OH excluding ortho intramolecular Hbond substituents is 1. The van der Waals surface area contributed by atoms with Crippen LogP contribution in [0.5, 0.6) is 17.2 Å². The van der Waals surface area contributed by atoms with Crippen molar-refractivity contribution in [1.82, 2.24) is 0 Å². The minimum atomic E-state index is -0.258. The number of nitrogen functional groups attached to an aromatic ring is 1. The Balaban J connectivity index is 1.43. The Hall–Kier alpha value is -4.00. The second kappa shape index (κ2) is 12.5. The van der Waals surface area contributed by atoms with Crippen molar-refractivity contribution >= 4 is 17.4 Å². The van der Waals surface area contributed by atoms with Gasteiger partial charge in [-0.1, -0.05) is 18.2 Å². The van der Waals surface area contributed by atoms with Gasteiger partial charge in [0.1, 0.15) is 23.1 Å². The summed E-state index contributed by atoms with van der Waals surface area (Å²) < 4.78 is 11.5. The number of anilines is 1. The highest BCUT2D eigenvalue weighted by Gasteiger charge is 2.23. The first kappa shape index (κ1) is 25.6. The fraction of sp³-hybridized carbons (Fsp3) is 0.286. The SMILES string of the molecule is CC(C)N(C(=O)c1ccc(OCCCCCOc2ccc(C(=N)N)cc2)cc1O)c1ccccc1. The van der Waals surface area contributed by atoms with Gasteiger partial charge < -0.3 is 25.2 Å². The molecule has 1 amide bonds. The molecule has 0 radical (unpaired) electrons. The Bertz CT molecular complexity index is 1110. The topological polar surface area (TPSA) is 109 Å². The number of aromatic hydroxyl groups is 1. The van der Waals surface area contributed by atoms with Crippen LogP contribution in [0.25, 0.3) is 0 Å². The average Bonchev–Trinajstić information content (AvgIpc) is 2.84. The van der Waals surface area contributed by atoms with Gasteiger partial charge in [-0.05, 0) is 81.6 Å². The molecular formula is C28H33N3O4. The van der Waals surface area contributed by atoms with E-state index in [0.29, 0.717) is 24.5 Å². The molecular weight excluding hydrogens is 442 g/mol. The molecule has 3 aromatic carbocycles. The predicted molar refractivity (Wildman–Crippen MR) is 139 cm³/mol. The molecule has 0 unspecified atom stereocenters. The quantitative estimate of drug-likeness (QED) is 0.186. The highest BCUT2D eigenvalue weighted by atomic mass is 16.5. The van der Waals surface area contributed by atoms with E-state index in [1.54, 1.807) is 41.3 Å². The second-order valence-corrected chi connectivity index (χ2v) is 8.48. The van der Waals surface area contributed by atoms with Gasteiger partial charge in [0.05, 0.1) is 18.8 Å². The lowest BCUT2D eigenvalue weighted by atomic mass is 10.1. The van der Waals surface area contributed by atoms with Crippen LogP contribution in [0.4, 0.5) is 5.69 Å². The maximum atomic E-state index is 13.1. The number of carbonyl (C=O) groups is 1. The molecule has 4 N–H and O–H groups in total. The summed E-state index contributed by atoms with van der Waals surface area (Å²) in [5.41, 5.74) is 7.14. The monoisotopic (exact) mass is 475 g/mol. The lowest BCUT2D eigenvalue weighted by Gasteiger charge is -2.27. The van der Waals surface area contributed by atoms with Crippen LogP contribution in [0, 0.1) is 5.41 Å². The number of nitrogens with two attached hydrogens (primary N) is 1. The zero-order valence-electron chi connectivity index (χ0n) is 20.2. The van der Waals surface area contributed by atoms with E-state index in [4.69, 9.17) is 20.6 Å². The normalized spacial score (nSPS) is 10.7. The highest BCUT2D eigenvalue weighted by molar-refractivity contribution is 6.08. The number of hydrogen-bond donors (Lipinski definition) is 3. The lowest BCUT2D eigenvalue weighted by molar-refractivity contribution is 0.0977. The number of amides is 1. The van der Waals surface area contributed by atoms with Crippen LogP contribution in [-0.2, 0) is 0 Å². The Morgan fingerprint density at radius 1 is 0.914 bits per heavy atom. The zero-order chi connectivity index (χ0) is 25.2. The summed E-state index contributed by atoms with van der Waals surface area (Å²) in [7, 11) is 0. The molecule has 0 spiro atoms. The first-order chi connectivity index (χ1) is 16.9. The number of nitrogens with zero attached hydrogens (tertiary/aromatic N) is 1. The number of hydrogen-bond acceptors (Lipinski definition) is 5. The van der Waals surface area contributed by atoms with Crippen LogP contribution in [0.1, 0.15) is 49.0 Å². The van der Waals surface area contributed by atoms with Gasteiger partial charge in [-0.25, -0.2) is 0 Å². The minimum Gasteiger partial charge on any atom is -0.507 e. The van der Waals surface area contributed by atoms with Crippen LogP contribution in [0.15, 0.2) is 72.8 Å². The number of amidine groups is 1. The molecule has 0 aliphatic rings. The van der Waals surface area contributed by atoms with Crippen molar-refractivity contribution in [2.75, 3.05) is 18.1 Å². The fourth-order valence-corrected chi connectivity index (χ4v) is 3.64. The highest BCUT2D eigenvalue weighted by Crippen LogP contribution is 2.28. The summed E-state index contributed by atoms with van der Waals surface area (Å²) in [4.78, 5) is 14.8. The number of benzene rings is 3. The molecule has 7 nitrogen and oxygen atoms in total. The van der Waals surface area contributed by atoms with E-state index in [1.165, 1.54) is 6.07 Å². The largest absolute Gasteiger partial charge is 0.507 e. The molecule has 0 saturated heterocycles. The molecule has 0 saturated carbocycles. The van der Waals surface area contributed by atoms with Crippen molar-refractivity contribution in [3.05, 3.63) is 83.9 Å². The maximum absolute atomic E-state index is 13.1. The zero-order valence-corrected chi connectivity index (χ0v) is 20.2. The number of nitrogens with one attached hydrogen (secondary N) is 1. The van der Waals surface area contributed by atoms with Gasteiger partial charge in [0, 0.05) is 23.4 Å². The molecule has 35 heavy (non-hydrogen) atoms. The Morgan fingerprint density at radius 3 is 2.09 bits per heavy atom. The molecule has 0 aromatic heterocycles. The molecule has 3 aromatic rings. The van der Waals surface area contributed by atoms with Gasteiger partial charge in [0.25, 0.3) is 5.91 Å².